The molecular formula is C11H16N2O4. The lowest BCUT2D eigenvalue weighted by atomic mass is 10.2. The number of hydrogen-bond acceptors (Lipinski definition) is 4. The number of carbonyl (C=O) groups is 2. The summed E-state index contributed by atoms with van der Waals surface area (Å²) >= 11 is 0. The van der Waals surface area contributed by atoms with Crippen molar-refractivity contribution in [2.24, 2.45) is 5.73 Å². The van der Waals surface area contributed by atoms with Crippen LogP contribution in [0.25, 0.3) is 0 Å². The Morgan fingerprint density at radius 2 is 2.24 bits per heavy atom. The number of furan rings is 1. The second-order valence-corrected chi connectivity index (χ2v) is 3.73. The molecule has 1 rings (SSSR count). The Morgan fingerprint density at radius 1 is 1.53 bits per heavy atom. The van der Waals surface area contributed by atoms with Gasteiger partial charge in [-0.3, -0.25) is 4.79 Å². The molecule has 4 N–H and O–H groups in total. The molecule has 0 saturated carbocycles. The molecule has 0 spiro atoms. The van der Waals surface area contributed by atoms with Crippen LogP contribution in [-0.4, -0.2) is 23.5 Å². The molecule has 1 aromatic heterocycles. The zero-order valence-electron chi connectivity index (χ0n) is 9.66. The second-order valence-electron chi connectivity index (χ2n) is 3.73. The number of amides is 1. The van der Waals surface area contributed by atoms with E-state index in [1.54, 1.807) is 6.92 Å². The van der Waals surface area contributed by atoms with Gasteiger partial charge in [0.2, 0.25) is 5.91 Å². The first-order valence-corrected chi connectivity index (χ1v) is 5.32. The molecule has 0 atom stereocenters. The van der Waals surface area contributed by atoms with Gasteiger partial charge in [-0.25, -0.2) is 4.79 Å². The molecule has 0 fully saturated rings. The molecule has 0 radical (unpaired) electrons. The highest BCUT2D eigenvalue weighted by Crippen LogP contribution is 2.14. The number of hydrogen-bond donors (Lipinski definition) is 3. The summed E-state index contributed by atoms with van der Waals surface area (Å²) in [5.74, 6) is -0.356. The Hall–Kier alpha value is -1.82. The maximum Gasteiger partial charge on any atom is 0.339 e. The number of primary amides is 1. The summed E-state index contributed by atoms with van der Waals surface area (Å²) in [6, 6.07) is 1.50. The minimum atomic E-state index is -0.994. The molecule has 1 aromatic rings. The number of aryl methyl sites for hydroxylation is 1. The highest BCUT2D eigenvalue weighted by atomic mass is 16.4. The molecule has 0 unspecified atom stereocenters. The average Bonchev–Trinajstić information content (AvgIpc) is 2.59. The lowest BCUT2D eigenvalue weighted by molar-refractivity contribution is -0.118. The van der Waals surface area contributed by atoms with E-state index < -0.39 is 5.97 Å². The van der Waals surface area contributed by atoms with Crippen LogP contribution in [-0.2, 0) is 11.3 Å². The third-order valence-corrected chi connectivity index (χ3v) is 2.28. The molecule has 1 amide bonds. The Balaban J connectivity index is 2.35. The molecular weight excluding hydrogens is 224 g/mol. The van der Waals surface area contributed by atoms with Crippen molar-refractivity contribution in [1.82, 2.24) is 5.32 Å². The van der Waals surface area contributed by atoms with E-state index in [1.165, 1.54) is 6.07 Å². The van der Waals surface area contributed by atoms with Gasteiger partial charge in [0.15, 0.2) is 0 Å². The summed E-state index contributed by atoms with van der Waals surface area (Å²) in [6.07, 6.45) is 0.991. The van der Waals surface area contributed by atoms with E-state index >= 15 is 0 Å². The van der Waals surface area contributed by atoms with Crippen LogP contribution in [0.5, 0.6) is 0 Å². The molecule has 0 saturated heterocycles. The highest BCUT2D eigenvalue weighted by molar-refractivity contribution is 5.88. The van der Waals surface area contributed by atoms with E-state index in [0.29, 0.717) is 37.5 Å². The van der Waals surface area contributed by atoms with Gasteiger partial charge in [-0.1, -0.05) is 0 Å². The number of carbonyl (C=O) groups excluding carboxylic acids is 1. The Bertz CT molecular complexity index is 412. The maximum absolute atomic E-state index is 10.8. The third kappa shape index (κ3) is 4.28. The Morgan fingerprint density at radius 3 is 2.76 bits per heavy atom. The summed E-state index contributed by atoms with van der Waals surface area (Å²) in [5, 5.41) is 11.9. The molecule has 0 aliphatic carbocycles. The van der Waals surface area contributed by atoms with Crippen molar-refractivity contribution in [2.45, 2.75) is 26.3 Å². The number of carboxylic acids is 1. The Kier molecular flexibility index (Phi) is 4.71. The van der Waals surface area contributed by atoms with Crippen LogP contribution in [0.2, 0.25) is 0 Å². The molecule has 0 aromatic carbocycles. The minimum Gasteiger partial charge on any atom is -0.478 e. The van der Waals surface area contributed by atoms with Crippen molar-refractivity contribution < 1.29 is 19.1 Å². The van der Waals surface area contributed by atoms with Gasteiger partial charge in [-0.05, 0) is 26.0 Å². The lowest BCUT2D eigenvalue weighted by Crippen LogP contribution is -2.17. The van der Waals surface area contributed by atoms with Crippen LogP contribution in [0.15, 0.2) is 10.5 Å². The van der Waals surface area contributed by atoms with Gasteiger partial charge in [0.25, 0.3) is 0 Å². The first-order chi connectivity index (χ1) is 8.00. The van der Waals surface area contributed by atoms with Crippen LogP contribution in [0.3, 0.4) is 0 Å². The molecule has 0 aliphatic rings. The third-order valence-electron chi connectivity index (χ3n) is 2.28. The van der Waals surface area contributed by atoms with Crippen LogP contribution in [0.1, 0.15) is 34.7 Å². The van der Waals surface area contributed by atoms with Crippen LogP contribution >= 0.6 is 0 Å². The average molecular weight is 240 g/mol. The van der Waals surface area contributed by atoms with Crippen LogP contribution < -0.4 is 11.1 Å². The van der Waals surface area contributed by atoms with Gasteiger partial charge < -0.3 is 20.6 Å². The van der Waals surface area contributed by atoms with E-state index in [4.69, 9.17) is 15.3 Å². The van der Waals surface area contributed by atoms with E-state index in [9.17, 15) is 9.59 Å². The largest absolute Gasteiger partial charge is 0.478 e. The number of nitrogens with two attached hydrogens (primary N) is 1. The predicted molar refractivity (Wildman–Crippen MR) is 60.5 cm³/mol. The van der Waals surface area contributed by atoms with Gasteiger partial charge in [0.1, 0.15) is 17.1 Å². The zero-order chi connectivity index (χ0) is 12.8. The van der Waals surface area contributed by atoms with Crippen LogP contribution in [0, 0.1) is 6.92 Å². The fourth-order valence-electron chi connectivity index (χ4n) is 1.44. The molecule has 17 heavy (non-hydrogen) atoms. The summed E-state index contributed by atoms with van der Waals surface area (Å²) in [4.78, 5) is 21.2. The van der Waals surface area contributed by atoms with Crippen LogP contribution in [0.4, 0.5) is 0 Å². The molecule has 1 heterocycles. The van der Waals surface area contributed by atoms with Crippen molar-refractivity contribution in [3.8, 4) is 0 Å². The monoisotopic (exact) mass is 240 g/mol. The van der Waals surface area contributed by atoms with Gasteiger partial charge >= 0.3 is 5.97 Å². The summed E-state index contributed by atoms with van der Waals surface area (Å²) in [7, 11) is 0. The summed E-state index contributed by atoms with van der Waals surface area (Å²) < 4.78 is 5.27. The first-order valence-electron chi connectivity index (χ1n) is 5.32. The van der Waals surface area contributed by atoms with Crippen molar-refractivity contribution in [2.75, 3.05) is 6.54 Å². The minimum absolute atomic E-state index is 0.180. The number of carboxylic acid groups (broad SMARTS) is 1. The van der Waals surface area contributed by atoms with Gasteiger partial charge in [-0.15, -0.1) is 0 Å². The predicted octanol–water partition coefficient (Wildman–Crippen LogP) is 0.641. The second kappa shape index (κ2) is 6.05. The van der Waals surface area contributed by atoms with E-state index in [0.717, 1.165) is 0 Å². The highest BCUT2D eigenvalue weighted by Gasteiger charge is 2.12. The quantitative estimate of drug-likeness (QED) is 0.606. The summed E-state index contributed by atoms with van der Waals surface area (Å²) in [6.45, 7) is 2.68. The van der Waals surface area contributed by atoms with Gasteiger partial charge in [0, 0.05) is 6.42 Å². The topological polar surface area (TPSA) is 106 Å². The molecule has 0 bridgehead atoms. The summed E-state index contributed by atoms with van der Waals surface area (Å²) in [5.41, 5.74) is 5.17. The molecule has 6 heteroatoms. The van der Waals surface area contributed by atoms with E-state index in [1.807, 2.05) is 0 Å². The normalized spacial score (nSPS) is 10.4. The first kappa shape index (κ1) is 13.2. The lowest BCUT2D eigenvalue weighted by Gasteiger charge is -2.00. The van der Waals surface area contributed by atoms with Gasteiger partial charge in [-0.2, -0.15) is 0 Å². The van der Waals surface area contributed by atoms with E-state index in [-0.39, 0.29) is 11.5 Å². The molecule has 94 valence electrons. The van der Waals surface area contributed by atoms with E-state index in [2.05, 4.69) is 5.32 Å². The maximum atomic E-state index is 10.8. The number of aromatic carboxylic acids is 1. The van der Waals surface area contributed by atoms with Crippen molar-refractivity contribution in [3.05, 3.63) is 23.2 Å². The fourth-order valence-corrected chi connectivity index (χ4v) is 1.44. The Labute approximate surface area is 98.8 Å². The molecule has 0 aliphatic heterocycles. The number of nitrogens with one attached hydrogen (secondary N) is 1. The van der Waals surface area contributed by atoms with Gasteiger partial charge in [0.05, 0.1) is 6.54 Å². The SMILES string of the molecule is Cc1oc(CNCCCC(N)=O)cc1C(=O)O. The number of rotatable bonds is 7. The standard InChI is InChI=1S/C11H16N2O4/c1-7-9(11(15)16)5-8(17-7)6-13-4-2-3-10(12)14/h5,13H,2-4,6H2,1H3,(H2,12,14)(H,15,16). The zero-order valence-corrected chi connectivity index (χ0v) is 9.66. The fraction of sp³-hybridized carbons (Fsp3) is 0.455. The van der Waals surface area contributed by atoms with Crippen molar-refractivity contribution >= 4 is 11.9 Å². The smallest absolute Gasteiger partial charge is 0.339 e. The molecule has 6 nitrogen and oxygen atoms in total. The van der Waals surface area contributed by atoms with Crippen molar-refractivity contribution in [1.29, 1.82) is 0 Å². The van der Waals surface area contributed by atoms with Crippen molar-refractivity contribution in [3.63, 3.8) is 0 Å².